The zero-order valence-corrected chi connectivity index (χ0v) is 6.26. The van der Waals surface area contributed by atoms with Gasteiger partial charge in [-0.05, 0) is 13.8 Å². The number of aliphatic carboxylic acids is 1. The summed E-state index contributed by atoms with van der Waals surface area (Å²) in [6.07, 6.45) is 0.000625. The highest BCUT2D eigenvalue weighted by molar-refractivity contribution is 5.66. The highest BCUT2D eigenvalue weighted by atomic mass is 16.5. The normalized spacial score (nSPS) is 11.5. The maximum Gasteiger partial charge on any atom is 0.305 e. The van der Waals surface area contributed by atoms with E-state index in [0.29, 0.717) is 0 Å². The molecule has 0 aromatic carbocycles. The van der Waals surface area contributed by atoms with Crippen LogP contribution in [0.2, 0.25) is 0 Å². The van der Waals surface area contributed by atoms with Crippen molar-refractivity contribution in [2.75, 3.05) is 6.61 Å². The van der Waals surface area contributed by atoms with E-state index >= 15 is 0 Å². The summed E-state index contributed by atoms with van der Waals surface area (Å²) in [6, 6.07) is 0. The second kappa shape index (κ2) is 3.53. The first-order chi connectivity index (χ1) is 4.42. The number of rotatable bonds is 4. The monoisotopic (exact) mass is 147 g/mol. The number of carbonyl (C=O) groups is 1. The van der Waals surface area contributed by atoms with Crippen LogP contribution in [0, 0.1) is 0 Å². The molecule has 0 rings (SSSR count). The van der Waals surface area contributed by atoms with Gasteiger partial charge in [0, 0.05) is 0 Å². The lowest BCUT2D eigenvalue weighted by Crippen LogP contribution is -2.35. The van der Waals surface area contributed by atoms with Crippen LogP contribution >= 0.6 is 0 Å². The fourth-order valence-corrected chi connectivity index (χ4v) is 0.401. The average molecular weight is 147 g/mol. The van der Waals surface area contributed by atoms with Gasteiger partial charge in [-0.15, -0.1) is 0 Å². The Morgan fingerprint density at radius 2 is 2.20 bits per heavy atom. The minimum atomic E-state index is -0.871. The van der Waals surface area contributed by atoms with Crippen molar-refractivity contribution in [1.82, 2.24) is 0 Å². The third-order valence-electron chi connectivity index (χ3n) is 0.790. The Kier molecular flexibility index (Phi) is 3.32. The van der Waals surface area contributed by atoms with Crippen molar-refractivity contribution in [3.8, 4) is 0 Å². The first kappa shape index (κ1) is 9.39. The SMILES string of the molecule is CC(C)(N)OCCC(=O)O. The van der Waals surface area contributed by atoms with E-state index in [0.717, 1.165) is 0 Å². The van der Waals surface area contributed by atoms with Crippen LogP contribution in [0.25, 0.3) is 0 Å². The smallest absolute Gasteiger partial charge is 0.305 e. The molecule has 0 aromatic rings. The van der Waals surface area contributed by atoms with Crippen LogP contribution in [0.3, 0.4) is 0 Å². The summed E-state index contributed by atoms with van der Waals surface area (Å²) in [6.45, 7) is 3.52. The van der Waals surface area contributed by atoms with Crippen LogP contribution in [0.4, 0.5) is 0 Å². The van der Waals surface area contributed by atoms with E-state index in [1.807, 2.05) is 0 Å². The van der Waals surface area contributed by atoms with Gasteiger partial charge in [0.05, 0.1) is 13.0 Å². The van der Waals surface area contributed by atoms with Crippen molar-refractivity contribution in [2.45, 2.75) is 26.0 Å². The summed E-state index contributed by atoms with van der Waals surface area (Å²) in [5.41, 5.74) is 4.68. The Morgan fingerprint density at radius 3 is 2.50 bits per heavy atom. The molecule has 4 nitrogen and oxygen atoms in total. The molecular weight excluding hydrogens is 134 g/mol. The molecule has 0 amide bonds. The Morgan fingerprint density at radius 1 is 1.70 bits per heavy atom. The average Bonchev–Trinajstić information content (AvgIpc) is 1.59. The summed E-state index contributed by atoms with van der Waals surface area (Å²) in [4.78, 5) is 9.96. The summed E-state index contributed by atoms with van der Waals surface area (Å²) < 4.78 is 4.94. The minimum Gasteiger partial charge on any atom is -0.481 e. The van der Waals surface area contributed by atoms with Gasteiger partial charge < -0.3 is 15.6 Å². The van der Waals surface area contributed by atoms with Crippen LogP contribution in [-0.2, 0) is 9.53 Å². The Hall–Kier alpha value is -0.610. The van der Waals surface area contributed by atoms with Gasteiger partial charge in [-0.3, -0.25) is 4.79 Å². The lowest BCUT2D eigenvalue weighted by Gasteiger charge is -2.18. The summed E-state index contributed by atoms with van der Waals surface area (Å²) >= 11 is 0. The molecule has 0 aliphatic heterocycles. The van der Waals surface area contributed by atoms with E-state index in [4.69, 9.17) is 15.6 Å². The van der Waals surface area contributed by atoms with E-state index in [1.54, 1.807) is 13.8 Å². The molecule has 0 heterocycles. The first-order valence-electron chi connectivity index (χ1n) is 3.06. The fraction of sp³-hybridized carbons (Fsp3) is 0.833. The molecule has 0 spiro atoms. The predicted octanol–water partition coefficient (Wildman–Crippen LogP) is 0.172. The zero-order chi connectivity index (χ0) is 8.20. The predicted molar refractivity (Wildman–Crippen MR) is 36.5 cm³/mol. The van der Waals surface area contributed by atoms with Gasteiger partial charge >= 0.3 is 5.97 Å². The largest absolute Gasteiger partial charge is 0.481 e. The van der Waals surface area contributed by atoms with Crippen molar-refractivity contribution < 1.29 is 14.6 Å². The second-order valence-corrected chi connectivity index (χ2v) is 2.60. The van der Waals surface area contributed by atoms with E-state index in [2.05, 4.69) is 0 Å². The van der Waals surface area contributed by atoms with Gasteiger partial charge in [-0.25, -0.2) is 0 Å². The van der Waals surface area contributed by atoms with Crippen molar-refractivity contribution >= 4 is 5.97 Å². The standard InChI is InChI=1S/C6H13NO3/c1-6(2,7)10-4-3-5(8)9/h3-4,7H2,1-2H3,(H,8,9). The zero-order valence-electron chi connectivity index (χ0n) is 6.26. The van der Waals surface area contributed by atoms with Crippen LogP contribution in [0.5, 0.6) is 0 Å². The summed E-state index contributed by atoms with van der Waals surface area (Å²) in [5, 5.41) is 8.19. The lowest BCUT2D eigenvalue weighted by atomic mass is 10.3. The fourth-order valence-electron chi connectivity index (χ4n) is 0.401. The third kappa shape index (κ3) is 7.39. The molecule has 0 radical (unpaired) electrons. The minimum absolute atomic E-state index is 0.000625. The number of hydrogen-bond donors (Lipinski definition) is 2. The molecule has 0 aliphatic carbocycles. The van der Waals surface area contributed by atoms with Crippen LogP contribution in [0.15, 0.2) is 0 Å². The highest BCUT2D eigenvalue weighted by Gasteiger charge is 2.10. The topological polar surface area (TPSA) is 72.5 Å². The quantitative estimate of drug-likeness (QED) is 0.556. The maximum absolute atomic E-state index is 9.96. The van der Waals surface area contributed by atoms with Gasteiger partial charge in [-0.1, -0.05) is 0 Å². The number of hydrogen-bond acceptors (Lipinski definition) is 3. The van der Waals surface area contributed by atoms with E-state index in [9.17, 15) is 4.79 Å². The number of ether oxygens (including phenoxy) is 1. The first-order valence-corrected chi connectivity index (χ1v) is 3.06. The van der Waals surface area contributed by atoms with Crippen molar-refractivity contribution in [2.24, 2.45) is 5.73 Å². The molecule has 0 saturated heterocycles. The van der Waals surface area contributed by atoms with E-state index in [-0.39, 0.29) is 13.0 Å². The van der Waals surface area contributed by atoms with Crippen LogP contribution in [-0.4, -0.2) is 23.4 Å². The van der Waals surface area contributed by atoms with Crippen molar-refractivity contribution in [3.63, 3.8) is 0 Å². The molecule has 0 aliphatic rings. The molecule has 0 atom stereocenters. The molecule has 60 valence electrons. The van der Waals surface area contributed by atoms with Crippen LogP contribution in [0.1, 0.15) is 20.3 Å². The molecule has 0 fully saturated rings. The molecule has 3 N–H and O–H groups in total. The molecular formula is C6H13NO3. The van der Waals surface area contributed by atoms with Gasteiger partial charge in [0.1, 0.15) is 5.72 Å². The van der Waals surface area contributed by atoms with Crippen molar-refractivity contribution in [1.29, 1.82) is 0 Å². The number of carboxylic acids is 1. The van der Waals surface area contributed by atoms with Gasteiger partial charge in [-0.2, -0.15) is 0 Å². The molecule has 0 bridgehead atoms. The lowest BCUT2D eigenvalue weighted by molar-refractivity contribution is -0.139. The molecule has 10 heavy (non-hydrogen) atoms. The molecule has 0 unspecified atom stereocenters. The number of nitrogens with two attached hydrogens (primary N) is 1. The van der Waals surface area contributed by atoms with E-state index in [1.165, 1.54) is 0 Å². The maximum atomic E-state index is 9.96. The van der Waals surface area contributed by atoms with Crippen molar-refractivity contribution in [3.05, 3.63) is 0 Å². The molecule has 0 saturated carbocycles. The molecule has 0 aromatic heterocycles. The second-order valence-electron chi connectivity index (χ2n) is 2.60. The highest BCUT2D eigenvalue weighted by Crippen LogP contribution is 1.99. The Labute approximate surface area is 60.0 Å². The number of carboxylic acid groups (broad SMARTS) is 1. The Bertz CT molecular complexity index is 117. The summed E-state index contributed by atoms with van der Waals surface area (Å²) in [5.74, 6) is -0.871. The van der Waals surface area contributed by atoms with E-state index < -0.39 is 11.7 Å². The third-order valence-corrected chi connectivity index (χ3v) is 0.790. The van der Waals surface area contributed by atoms with Gasteiger partial charge in [0.15, 0.2) is 0 Å². The summed E-state index contributed by atoms with van der Waals surface area (Å²) in [7, 11) is 0. The molecule has 4 heteroatoms. The Balaban J connectivity index is 3.29. The van der Waals surface area contributed by atoms with Gasteiger partial charge in [0.25, 0.3) is 0 Å². The van der Waals surface area contributed by atoms with Gasteiger partial charge in [0.2, 0.25) is 0 Å². The van der Waals surface area contributed by atoms with Crippen LogP contribution < -0.4 is 5.73 Å².